The molecule has 0 aliphatic carbocycles. The molecule has 0 radical (unpaired) electrons. The van der Waals surface area contributed by atoms with Crippen molar-refractivity contribution >= 4 is 53.1 Å². The van der Waals surface area contributed by atoms with Crippen LogP contribution in [0.5, 0.6) is 0 Å². The van der Waals surface area contributed by atoms with Crippen LogP contribution in [0.1, 0.15) is 46.4 Å². The normalized spacial score (nSPS) is 10.6. The molecule has 0 aliphatic heterocycles. The molecule has 9 heteroatoms. The average molecular weight is 444 g/mol. The molecule has 3 aromatic rings. The Balaban J connectivity index is 0.00000196. The predicted octanol–water partition coefficient (Wildman–Crippen LogP) is 4.28. The molecular formula is C19H27Cl2N5OS. The van der Waals surface area contributed by atoms with Crippen LogP contribution in [0, 0.1) is 13.8 Å². The van der Waals surface area contributed by atoms with Crippen LogP contribution >= 0.6 is 36.2 Å². The fraction of sp³-hybridized carbons (Fsp3) is 0.421. The van der Waals surface area contributed by atoms with Crippen molar-refractivity contribution in [3.63, 3.8) is 0 Å². The van der Waals surface area contributed by atoms with E-state index in [2.05, 4.69) is 44.2 Å². The third-order valence-corrected chi connectivity index (χ3v) is 5.25. The Labute approximate surface area is 181 Å². The molecule has 1 amide bonds. The summed E-state index contributed by atoms with van der Waals surface area (Å²) in [7, 11) is 0. The van der Waals surface area contributed by atoms with Gasteiger partial charge in [-0.1, -0.05) is 0 Å². The van der Waals surface area contributed by atoms with Crippen molar-refractivity contribution in [2.75, 3.05) is 13.1 Å². The van der Waals surface area contributed by atoms with Gasteiger partial charge in [0.15, 0.2) is 5.65 Å². The zero-order chi connectivity index (χ0) is 18.8. The standard InChI is InChI=1S/C19H25N5OS.2ClH/c1-11(2)24-18-16(10-22-24)15(19(25)21-7-5-6-20)9-17(23-18)14-8-12(3)26-13(14)4;;/h8-11H,5-7,20H2,1-4H3,(H,21,25);2*1H. The topological polar surface area (TPSA) is 85.8 Å². The number of pyridine rings is 1. The smallest absolute Gasteiger partial charge is 0.252 e. The number of halogens is 2. The van der Waals surface area contributed by atoms with E-state index in [9.17, 15) is 4.79 Å². The first-order valence-corrected chi connectivity index (χ1v) is 9.68. The Morgan fingerprint density at radius 2 is 2.00 bits per heavy atom. The maximum absolute atomic E-state index is 12.8. The van der Waals surface area contributed by atoms with Crippen molar-refractivity contribution in [2.24, 2.45) is 5.73 Å². The first kappa shape index (κ1) is 24.4. The van der Waals surface area contributed by atoms with E-state index < -0.39 is 0 Å². The van der Waals surface area contributed by atoms with Crippen LogP contribution in [-0.2, 0) is 0 Å². The summed E-state index contributed by atoms with van der Waals surface area (Å²) in [6.07, 6.45) is 2.48. The molecule has 0 unspecified atom stereocenters. The monoisotopic (exact) mass is 443 g/mol. The lowest BCUT2D eigenvalue weighted by Gasteiger charge is -2.11. The molecule has 0 saturated carbocycles. The van der Waals surface area contributed by atoms with Gasteiger partial charge in [-0.25, -0.2) is 9.67 Å². The van der Waals surface area contributed by atoms with Gasteiger partial charge >= 0.3 is 0 Å². The number of fused-ring (bicyclic) bond motifs is 1. The molecule has 3 rings (SSSR count). The SMILES string of the molecule is Cc1cc(-c2cc(C(=O)NCCCN)c3cnn(C(C)C)c3n2)c(C)s1.Cl.Cl. The Morgan fingerprint density at radius 1 is 1.29 bits per heavy atom. The van der Waals surface area contributed by atoms with Gasteiger partial charge in [-0.2, -0.15) is 5.10 Å². The first-order valence-electron chi connectivity index (χ1n) is 8.86. The Hall–Kier alpha value is -1.67. The second-order valence-electron chi connectivity index (χ2n) is 6.70. The molecule has 0 atom stereocenters. The molecule has 0 fully saturated rings. The van der Waals surface area contributed by atoms with Crippen molar-refractivity contribution in [1.29, 1.82) is 0 Å². The third kappa shape index (κ3) is 4.84. The summed E-state index contributed by atoms with van der Waals surface area (Å²) in [5.41, 5.74) is 8.76. The minimum absolute atomic E-state index is 0. The van der Waals surface area contributed by atoms with E-state index in [4.69, 9.17) is 10.7 Å². The van der Waals surface area contributed by atoms with Crippen molar-refractivity contribution in [2.45, 2.75) is 40.2 Å². The van der Waals surface area contributed by atoms with Crippen LogP contribution in [0.4, 0.5) is 0 Å². The zero-order valence-corrected chi connectivity index (χ0v) is 18.9. The van der Waals surface area contributed by atoms with Gasteiger partial charge in [0.05, 0.1) is 22.8 Å². The highest BCUT2D eigenvalue weighted by atomic mass is 35.5. The fourth-order valence-electron chi connectivity index (χ4n) is 3.01. The second kappa shape index (κ2) is 10.2. The van der Waals surface area contributed by atoms with Crippen molar-refractivity contribution < 1.29 is 4.79 Å². The van der Waals surface area contributed by atoms with Crippen LogP contribution in [0.2, 0.25) is 0 Å². The summed E-state index contributed by atoms with van der Waals surface area (Å²) in [6.45, 7) is 9.39. The molecule has 0 saturated heterocycles. The molecule has 28 heavy (non-hydrogen) atoms. The quantitative estimate of drug-likeness (QED) is 0.556. The number of hydrogen-bond acceptors (Lipinski definition) is 5. The summed E-state index contributed by atoms with van der Waals surface area (Å²) < 4.78 is 1.87. The number of aromatic nitrogens is 3. The summed E-state index contributed by atoms with van der Waals surface area (Å²) in [5, 5.41) is 8.18. The number of thiophene rings is 1. The Morgan fingerprint density at radius 3 is 2.57 bits per heavy atom. The van der Waals surface area contributed by atoms with Gasteiger partial charge < -0.3 is 11.1 Å². The summed E-state index contributed by atoms with van der Waals surface area (Å²) in [6, 6.07) is 4.16. The number of carbonyl (C=O) groups excluding carboxylic acids is 1. The molecule has 0 aromatic carbocycles. The minimum atomic E-state index is -0.111. The molecule has 0 bridgehead atoms. The third-order valence-electron chi connectivity index (χ3n) is 4.28. The van der Waals surface area contributed by atoms with E-state index >= 15 is 0 Å². The van der Waals surface area contributed by atoms with Gasteiger partial charge in [-0.3, -0.25) is 4.79 Å². The number of aryl methyl sites for hydroxylation is 2. The molecule has 0 aliphatic rings. The number of rotatable bonds is 6. The summed E-state index contributed by atoms with van der Waals surface area (Å²) in [4.78, 5) is 20.0. The Kier molecular flexibility index (Phi) is 8.88. The van der Waals surface area contributed by atoms with E-state index in [1.165, 1.54) is 9.75 Å². The number of nitrogens with zero attached hydrogens (tertiary/aromatic N) is 3. The van der Waals surface area contributed by atoms with E-state index in [-0.39, 0.29) is 36.8 Å². The molecule has 6 nitrogen and oxygen atoms in total. The number of carbonyl (C=O) groups is 1. The number of hydrogen-bond donors (Lipinski definition) is 2. The van der Waals surface area contributed by atoms with Crippen LogP contribution in [0.15, 0.2) is 18.3 Å². The van der Waals surface area contributed by atoms with Crippen molar-refractivity contribution in [3.05, 3.63) is 33.6 Å². The molecular weight excluding hydrogens is 417 g/mol. The lowest BCUT2D eigenvalue weighted by molar-refractivity contribution is 0.0955. The van der Waals surface area contributed by atoms with Gasteiger partial charge in [0.25, 0.3) is 5.91 Å². The lowest BCUT2D eigenvalue weighted by Crippen LogP contribution is -2.26. The molecule has 3 aromatic heterocycles. The first-order chi connectivity index (χ1) is 12.4. The highest BCUT2D eigenvalue weighted by Crippen LogP contribution is 2.32. The van der Waals surface area contributed by atoms with Crippen molar-refractivity contribution in [1.82, 2.24) is 20.1 Å². The minimum Gasteiger partial charge on any atom is -0.352 e. The van der Waals surface area contributed by atoms with Gasteiger partial charge in [0.2, 0.25) is 0 Å². The van der Waals surface area contributed by atoms with Gasteiger partial charge in [0, 0.05) is 27.9 Å². The van der Waals surface area contributed by atoms with E-state index in [0.29, 0.717) is 18.7 Å². The highest BCUT2D eigenvalue weighted by molar-refractivity contribution is 7.12. The largest absolute Gasteiger partial charge is 0.352 e. The number of amides is 1. The molecule has 3 heterocycles. The van der Waals surface area contributed by atoms with Gasteiger partial charge in [-0.15, -0.1) is 36.2 Å². The van der Waals surface area contributed by atoms with Crippen LogP contribution in [0.3, 0.4) is 0 Å². The van der Waals surface area contributed by atoms with E-state index in [1.807, 2.05) is 10.7 Å². The summed E-state index contributed by atoms with van der Waals surface area (Å²) >= 11 is 1.74. The van der Waals surface area contributed by atoms with Crippen LogP contribution in [-0.4, -0.2) is 33.8 Å². The predicted molar refractivity (Wildman–Crippen MR) is 121 cm³/mol. The van der Waals surface area contributed by atoms with E-state index in [1.54, 1.807) is 17.5 Å². The van der Waals surface area contributed by atoms with Crippen LogP contribution < -0.4 is 11.1 Å². The van der Waals surface area contributed by atoms with Gasteiger partial charge in [0.1, 0.15) is 0 Å². The van der Waals surface area contributed by atoms with Crippen molar-refractivity contribution in [3.8, 4) is 11.3 Å². The fourth-order valence-corrected chi connectivity index (χ4v) is 3.94. The molecule has 154 valence electrons. The van der Waals surface area contributed by atoms with Crippen LogP contribution in [0.25, 0.3) is 22.3 Å². The second-order valence-corrected chi connectivity index (χ2v) is 8.16. The zero-order valence-electron chi connectivity index (χ0n) is 16.5. The Bertz CT molecular complexity index is 951. The maximum atomic E-state index is 12.8. The number of nitrogens with one attached hydrogen (secondary N) is 1. The average Bonchev–Trinajstić information content (AvgIpc) is 3.16. The maximum Gasteiger partial charge on any atom is 0.252 e. The molecule has 0 spiro atoms. The lowest BCUT2D eigenvalue weighted by atomic mass is 10.1. The highest BCUT2D eigenvalue weighted by Gasteiger charge is 2.19. The number of nitrogens with two attached hydrogens (primary N) is 1. The summed E-state index contributed by atoms with van der Waals surface area (Å²) in [5.74, 6) is -0.111. The van der Waals surface area contributed by atoms with Gasteiger partial charge in [-0.05, 0) is 52.8 Å². The molecule has 3 N–H and O–H groups in total. The van der Waals surface area contributed by atoms with E-state index in [0.717, 1.165) is 28.7 Å².